The largest absolute Gasteiger partial charge is 0.480 e. The third kappa shape index (κ3) is 5.92. The van der Waals surface area contributed by atoms with E-state index in [1.54, 1.807) is 37.7 Å². The third-order valence-corrected chi connectivity index (χ3v) is 4.07. The Kier molecular flexibility index (Phi) is 9.08. The number of methoxy groups -OCH3 is 2. The van der Waals surface area contributed by atoms with Gasteiger partial charge in [-0.15, -0.1) is 0 Å². The maximum absolute atomic E-state index is 10.5. The fourth-order valence-electron chi connectivity index (χ4n) is 2.25. The summed E-state index contributed by atoms with van der Waals surface area (Å²) in [4.78, 5) is 27.2. The van der Waals surface area contributed by atoms with E-state index in [2.05, 4.69) is 35.9 Å². The van der Waals surface area contributed by atoms with Crippen molar-refractivity contribution in [3.63, 3.8) is 0 Å². The minimum Gasteiger partial charge on any atom is -0.480 e. The van der Waals surface area contributed by atoms with Crippen LogP contribution in [0.1, 0.15) is 25.2 Å². The number of halogens is 1. The van der Waals surface area contributed by atoms with Gasteiger partial charge in [-0.25, -0.2) is 19.9 Å². The molecule has 0 saturated carbocycles. The highest BCUT2D eigenvalue weighted by Gasteiger charge is 2.01. The molecule has 8 heteroatoms. The van der Waals surface area contributed by atoms with E-state index in [0.29, 0.717) is 22.8 Å². The van der Waals surface area contributed by atoms with Gasteiger partial charge >= 0.3 is 0 Å². The number of rotatable bonds is 3. The highest BCUT2D eigenvalue weighted by atomic mass is 79.9. The second kappa shape index (κ2) is 11.0. The summed E-state index contributed by atoms with van der Waals surface area (Å²) >= 11 is 3.37. The van der Waals surface area contributed by atoms with E-state index in [1.807, 2.05) is 18.2 Å². The predicted molar refractivity (Wildman–Crippen MR) is 119 cm³/mol. The number of carbonyl (C=O) groups excluding carboxylic acids is 1. The molecule has 4 rings (SSSR count). The molecule has 0 aliphatic rings. The number of hydrogen-bond donors (Lipinski definition) is 0. The molecule has 0 aliphatic carbocycles. The summed E-state index contributed by atoms with van der Waals surface area (Å²) < 4.78 is 10.9. The maximum Gasteiger partial charge on any atom is 0.232 e. The Bertz CT molecular complexity index is 1110. The van der Waals surface area contributed by atoms with Crippen LogP contribution in [0.3, 0.4) is 0 Å². The lowest BCUT2D eigenvalue weighted by molar-refractivity contribution is 0.112. The molecule has 0 bridgehead atoms. The van der Waals surface area contributed by atoms with Crippen molar-refractivity contribution >= 4 is 44.3 Å². The summed E-state index contributed by atoms with van der Waals surface area (Å²) in [6, 6.07) is 10.9. The zero-order valence-corrected chi connectivity index (χ0v) is 16.2. The van der Waals surface area contributed by atoms with Crippen LogP contribution in [0.5, 0.6) is 11.8 Å². The standard InChI is InChI=1S/C10H8N2O2.C9H7BrN2O.2CH4/c1-14-10-5-11-8-3-2-7(6-13)4-9(8)12-10;1-13-9-5-11-7-3-2-6(10)4-8(7)12-9;;/h2-6H,1H3;2-5H,1H3;2*1H4. The van der Waals surface area contributed by atoms with Gasteiger partial charge in [0.15, 0.2) is 0 Å². The minimum absolute atomic E-state index is 0. The number of hydrogen-bond acceptors (Lipinski definition) is 7. The number of carbonyl (C=O) groups is 1. The van der Waals surface area contributed by atoms with Crippen molar-refractivity contribution < 1.29 is 14.3 Å². The normalized spacial score (nSPS) is 9.48. The third-order valence-electron chi connectivity index (χ3n) is 3.58. The number of aromatic nitrogens is 4. The van der Waals surface area contributed by atoms with Crippen LogP contribution < -0.4 is 9.47 Å². The highest BCUT2D eigenvalue weighted by molar-refractivity contribution is 9.10. The lowest BCUT2D eigenvalue weighted by Crippen LogP contribution is -1.91. The summed E-state index contributed by atoms with van der Waals surface area (Å²) in [5, 5.41) is 0. The Hall–Kier alpha value is -3.13. The first kappa shape index (κ1) is 23.9. The molecule has 2 aromatic carbocycles. The zero-order valence-electron chi connectivity index (χ0n) is 14.6. The molecular formula is C21H23BrN4O3. The highest BCUT2D eigenvalue weighted by Crippen LogP contribution is 2.18. The maximum atomic E-state index is 10.5. The zero-order chi connectivity index (χ0) is 19.2. The van der Waals surface area contributed by atoms with Crippen molar-refractivity contribution in [2.75, 3.05) is 14.2 Å². The molecule has 4 aromatic rings. The molecule has 0 N–H and O–H groups in total. The second-order valence-electron chi connectivity index (χ2n) is 5.32. The first-order valence-corrected chi connectivity index (χ1v) is 8.64. The Labute approximate surface area is 178 Å². The molecule has 0 spiro atoms. The molecule has 7 nitrogen and oxygen atoms in total. The van der Waals surface area contributed by atoms with Gasteiger partial charge in [-0.3, -0.25) is 4.79 Å². The van der Waals surface area contributed by atoms with Gasteiger partial charge in [0.05, 0.1) is 48.7 Å². The van der Waals surface area contributed by atoms with E-state index in [-0.39, 0.29) is 14.9 Å². The average Bonchev–Trinajstić information content (AvgIpc) is 2.72. The van der Waals surface area contributed by atoms with Crippen molar-refractivity contribution in [3.8, 4) is 11.8 Å². The van der Waals surface area contributed by atoms with Crippen molar-refractivity contribution in [1.29, 1.82) is 0 Å². The molecule has 2 heterocycles. The van der Waals surface area contributed by atoms with E-state index in [9.17, 15) is 4.79 Å². The van der Waals surface area contributed by atoms with Gasteiger partial charge in [0.1, 0.15) is 6.29 Å². The summed E-state index contributed by atoms with van der Waals surface area (Å²) in [5.41, 5.74) is 3.68. The number of ether oxygens (including phenoxy) is 2. The molecule has 0 aliphatic heterocycles. The van der Waals surface area contributed by atoms with Crippen LogP contribution in [-0.4, -0.2) is 40.4 Å². The number of fused-ring (bicyclic) bond motifs is 2. The SMILES string of the molecule is C.C.COc1cnc2ccc(Br)cc2n1.COc1cnc2ccc(C=O)cc2n1. The number of nitrogens with zero attached hydrogens (tertiary/aromatic N) is 4. The van der Waals surface area contributed by atoms with Crippen LogP contribution >= 0.6 is 15.9 Å². The van der Waals surface area contributed by atoms with Crippen molar-refractivity contribution in [3.05, 3.63) is 58.8 Å². The quantitative estimate of drug-likeness (QED) is 0.393. The van der Waals surface area contributed by atoms with Gasteiger partial charge in [0, 0.05) is 10.0 Å². The monoisotopic (exact) mass is 458 g/mol. The van der Waals surface area contributed by atoms with Crippen molar-refractivity contribution in [1.82, 2.24) is 19.9 Å². The van der Waals surface area contributed by atoms with Crippen LogP contribution in [0.4, 0.5) is 0 Å². The Morgan fingerprint density at radius 2 is 1.31 bits per heavy atom. The fraction of sp³-hybridized carbons (Fsp3) is 0.190. The molecule has 0 amide bonds. The van der Waals surface area contributed by atoms with Gasteiger partial charge in [-0.2, -0.15) is 0 Å². The predicted octanol–water partition coefficient (Wildman–Crippen LogP) is 5.12. The lowest BCUT2D eigenvalue weighted by Gasteiger charge is -2.00. The lowest BCUT2D eigenvalue weighted by atomic mass is 10.2. The molecule has 0 saturated heterocycles. The molecule has 0 fully saturated rings. The van der Waals surface area contributed by atoms with Gasteiger partial charge in [-0.05, 0) is 36.4 Å². The van der Waals surface area contributed by atoms with Crippen LogP contribution in [0.2, 0.25) is 0 Å². The molecule has 0 atom stereocenters. The smallest absolute Gasteiger partial charge is 0.232 e. The van der Waals surface area contributed by atoms with Crippen molar-refractivity contribution in [2.24, 2.45) is 0 Å². The summed E-state index contributed by atoms with van der Waals surface area (Å²) in [6.45, 7) is 0. The molecule has 152 valence electrons. The van der Waals surface area contributed by atoms with Gasteiger partial charge in [0.25, 0.3) is 0 Å². The van der Waals surface area contributed by atoms with Crippen LogP contribution in [-0.2, 0) is 0 Å². The summed E-state index contributed by atoms with van der Waals surface area (Å²) in [6.07, 6.45) is 3.93. The summed E-state index contributed by atoms with van der Waals surface area (Å²) in [5.74, 6) is 0.978. The Morgan fingerprint density at radius 3 is 1.83 bits per heavy atom. The Morgan fingerprint density at radius 1 is 0.793 bits per heavy atom. The molecule has 29 heavy (non-hydrogen) atoms. The average molecular weight is 459 g/mol. The number of benzene rings is 2. The first-order chi connectivity index (χ1) is 13.1. The number of aldehydes is 1. The molecule has 0 radical (unpaired) electrons. The van der Waals surface area contributed by atoms with Crippen LogP contribution in [0.15, 0.2) is 53.3 Å². The summed E-state index contributed by atoms with van der Waals surface area (Å²) in [7, 11) is 3.10. The minimum atomic E-state index is 0. The van der Waals surface area contributed by atoms with E-state index >= 15 is 0 Å². The van der Waals surface area contributed by atoms with Crippen LogP contribution in [0.25, 0.3) is 22.1 Å². The van der Waals surface area contributed by atoms with E-state index in [1.165, 1.54) is 7.11 Å². The second-order valence-corrected chi connectivity index (χ2v) is 6.24. The van der Waals surface area contributed by atoms with Gasteiger partial charge in [-0.1, -0.05) is 30.8 Å². The van der Waals surface area contributed by atoms with E-state index < -0.39 is 0 Å². The van der Waals surface area contributed by atoms with Crippen LogP contribution in [0, 0.1) is 0 Å². The van der Waals surface area contributed by atoms with E-state index in [4.69, 9.17) is 9.47 Å². The fourth-order valence-corrected chi connectivity index (χ4v) is 2.60. The molecule has 0 unspecified atom stereocenters. The van der Waals surface area contributed by atoms with E-state index in [0.717, 1.165) is 27.3 Å². The van der Waals surface area contributed by atoms with Gasteiger partial charge in [0.2, 0.25) is 11.8 Å². The Balaban J connectivity index is 0.000000272. The van der Waals surface area contributed by atoms with Gasteiger partial charge < -0.3 is 9.47 Å². The molecular weight excluding hydrogens is 436 g/mol. The molecule has 2 aromatic heterocycles. The first-order valence-electron chi connectivity index (χ1n) is 7.85. The topological polar surface area (TPSA) is 87.1 Å². The van der Waals surface area contributed by atoms with Crippen molar-refractivity contribution in [2.45, 2.75) is 14.9 Å².